The largest absolute Gasteiger partial charge is 0.481 e. The molecule has 0 radical (unpaired) electrons. The van der Waals surface area contributed by atoms with Gasteiger partial charge in [0.15, 0.2) is 0 Å². The van der Waals surface area contributed by atoms with Gasteiger partial charge < -0.3 is 10.0 Å². The molecule has 1 aliphatic carbocycles. The van der Waals surface area contributed by atoms with Gasteiger partial charge in [-0.3, -0.25) is 9.59 Å². The van der Waals surface area contributed by atoms with Gasteiger partial charge in [-0.25, -0.2) is 0 Å². The quantitative estimate of drug-likeness (QED) is 0.921. The van der Waals surface area contributed by atoms with Crippen LogP contribution in [0.4, 0.5) is 5.69 Å². The SMILES string of the molecule is CN(C(=O)C1CCC(C(=O)O)CC1)c1ccc(C(C)(C)C)cc1. The van der Waals surface area contributed by atoms with Crippen LogP contribution in [-0.4, -0.2) is 24.0 Å². The summed E-state index contributed by atoms with van der Waals surface area (Å²) in [5.41, 5.74) is 2.23. The minimum Gasteiger partial charge on any atom is -0.481 e. The lowest BCUT2D eigenvalue weighted by molar-refractivity contribution is -0.143. The third kappa shape index (κ3) is 4.12. The standard InChI is InChI=1S/C19H27NO3/c1-19(2,3)15-9-11-16(12-10-15)20(4)17(21)13-5-7-14(8-6-13)18(22)23/h9-14H,5-8H2,1-4H3,(H,22,23). The summed E-state index contributed by atoms with van der Waals surface area (Å²) in [7, 11) is 1.80. The molecule has 1 amide bonds. The fourth-order valence-electron chi connectivity index (χ4n) is 3.17. The summed E-state index contributed by atoms with van der Waals surface area (Å²) in [6, 6.07) is 8.11. The number of rotatable bonds is 3. The number of carbonyl (C=O) groups is 2. The summed E-state index contributed by atoms with van der Waals surface area (Å²) in [5.74, 6) is -0.979. The molecule has 23 heavy (non-hydrogen) atoms. The summed E-state index contributed by atoms with van der Waals surface area (Å²) < 4.78 is 0. The van der Waals surface area contributed by atoms with Gasteiger partial charge in [0.05, 0.1) is 5.92 Å². The maximum Gasteiger partial charge on any atom is 0.306 e. The summed E-state index contributed by atoms with van der Waals surface area (Å²) in [5, 5.41) is 9.05. The van der Waals surface area contributed by atoms with Crippen molar-refractivity contribution in [1.29, 1.82) is 0 Å². The second kappa shape index (κ2) is 6.73. The van der Waals surface area contributed by atoms with Crippen molar-refractivity contribution in [2.24, 2.45) is 11.8 Å². The predicted molar refractivity (Wildman–Crippen MR) is 91.6 cm³/mol. The van der Waals surface area contributed by atoms with Crippen LogP contribution in [0.3, 0.4) is 0 Å². The lowest BCUT2D eigenvalue weighted by atomic mass is 9.81. The Morgan fingerprint density at radius 2 is 1.48 bits per heavy atom. The van der Waals surface area contributed by atoms with Crippen molar-refractivity contribution in [2.45, 2.75) is 51.9 Å². The molecular formula is C19H27NO3. The zero-order valence-electron chi connectivity index (χ0n) is 14.5. The fraction of sp³-hybridized carbons (Fsp3) is 0.579. The van der Waals surface area contributed by atoms with Gasteiger partial charge >= 0.3 is 5.97 Å². The van der Waals surface area contributed by atoms with E-state index in [1.165, 1.54) is 5.56 Å². The molecule has 0 saturated heterocycles. The van der Waals surface area contributed by atoms with E-state index in [2.05, 4.69) is 32.9 Å². The van der Waals surface area contributed by atoms with Gasteiger partial charge in [0, 0.05) is 18.7 Å². The van der Waals surface area contributed by atoms with E-state index in [0.717, 1.165) is 5.69 Å². The molecule has 126 valence electrons. The number of amides is 1. The van der Waals surface area contributed by atoms with E-state index in [1.54, 1.807) is 11.9 Å². The van der Waals surface area contributed by atoms with Crippen LogP contribution in [0, 0.1) is 11.8 Å². The molecule has 1 saturated carbocycles. The number of hydrogen-bond donors (Lipinski definition) is 1. The van der Waals surface area contributed by atoms with Crippen LogP contribution in [0.5, 0.6) is 0 Å². The zero-order chi connectivity index (χ0) is 17.2. The molecule has 4 heteroatoms. The second-order valence-electron chi connectivity index (χ2n) is 7.58. The van der Waals surface area contributed by atoms with Crippen molar-refractivity contribution < 1.29 is 14.7 Å². The first-order valence-electron chi connectivity index (χ1n) is 8.31. The first-order chi connectivity index (χ1) is 10.7. The molecule has 4 nitrogen and oxygen atoms in total. The van der Waals surface area contributed by atoms with Crippen LogP contribution >= 0.6 is 0 Å². The highest BCUT2D eigenvalue weighted by Gasteiger charge is 2.31. The second-order valence-corrected chi connectivity index (χ2v) is 7.58. The summed E-state index contributed by atoms with van der Waals surface area (Å²) >= 11 is 0. The number of carbonyl (C=O) groups excluding carboxylic acids is 1. The molecule has 0 atom stereocenters. The summed E-state index contributed by atoms with van der Waals surface area (Å²) in [4.78, 5) is 25.3. The van der Waals surface area contributed by atoms with E-state index in [9.17, 15) is 9.59 Å². The van der Waals surface area contributed by atoms with Crippen molar-refractivity contribution in [2.75, 3.05) is 11.9 Å². The maximum absolute atomic E-state index is 12.6. The Morgan fingerprint density at radius 1 is 1.00 bits per heavy atom. The molecule has 0 aromatic heterocycles. The number of aliphatic carboxylic acids is 1. The minimum absolute atomic E-state index is 0.0575. The number of nitrogens with zero attached hydrogens (tertiary/aromatic N) is 1. The normalized spacial score (nSPS) is 21.7. The summed E-state index contributed by atoms with van der Waals surface area (Å²) in [6.45, 7) is 6.49. The Balaban J connectivity index is 2.01. The smallest absolute Gasteiger partial charge is 0.306 e. The third-order valence-electron chi connectivity index (χ3n) is 4.88. The Hall–Kier alpha value is -1.84. The van der Waals surface area contributed by atoms with E-state index in [1.807, 2.05) is 12.1 Å². The van der Waals surface area contributed by atoms with E-state index < -0.39 is 5.97 Å². The van der Waals surface area contributed by atoms with Crippen molar-refractivity contribution >= 4 is 17.6 Å². The van der Waals surface area contributed by atoms with Gasteiger partial charge in [-0.2, -0.15) is 0 Å². The Labute approximate surface area is 138 Å². The van der Waals surface area contributed by atoms with Crippen molar-refractivity contribution in [3.8, 4) is 0 Å². The van der Waals surface area contributed by atoms with E-state index in [0.29, 0.717) is 25.7 Å². The average molecular weight is 317 g/mol. The summed E-state index contributed by atoms with van der Waals surface area (Å²) in [6.07, 6.45) is 2.53. The Morgan fingerprint density at radius 3 is 1.91 bits per heavy atom. The number of anilines is 1. The Bertz CT molecular complexity index is 563. The van der Waals surface area contributed by atoms with Crippen molar-refractivity contribution in [1.82, 2.24) is 0 Å². The number of benzene rings is 1. The van der Waals surface area contributed by atoms with Crippen LogP contribution in [0.1, 0.15) is 52.0 Å². The Kier molecular flexibility index (Phi) is 5.12. The molecule has 0 bridgehead atoms. The first kappa shape index (κ1) is 17.5. The van der Waals surface area contributed by atoms with E-state index in [4.69, 9.17) is 5.11 Å². The van der Waals surface area contributed by atoms with E-state index >= 15 is 0 Å². The van der Waals surface area contributed by atoms with Crippen LogP contribution in [0.25, 0.3) is 0 Å². The lowest BCUT2D eigenvalue weighted by Gasteiger charge is -2.29. The molecule has 0 unspecified atom stereocenters. The lowest BCUT2D eigenvalue weighted by Crippen LogP contribution is -2.36. The van der Waals surface area contributed by atoms with Crippen LogP contribution in [0.15, 0.2) is 24.3 Å². The molecule has 1 aliphatic rings. The van der Waals surface area contributed by atoms with Gasteiger partial charge in [-0.05, 0) is 48.8 Å². The molecule has 1 aromatic rings. The zero-order valence-corrected chi connectivity index (χ0v) is 14.5. The number of hydrogen-bond acceptors (Lipinski definition) is 2. The number of carboxylic acids is 1. The van der Waals surface area contributed by atoms with Gasteiger partial charge in [0.1, 0.15) is 0 Å². The highest BCUT2D eigenvalue weighted by Crippen LogP contribution is 2.31. The van der Waals surface area contributed by atoms with Gasteiger partial charge in [-0.1, -0.05) is 32.9 Å². The van der Waals surface area contributed by atoms with Crippen molar-refractivity contribution in [3.63, 3.8) is 0 Å². The highest BCUT2D eigenvalue weighted by molar-refractivity contribution is 5.94. The molecular weight excluding hydrogens is 290 g/mol. The number of carboxylic acid groups (broad SMARTS) is 1. The first-order valence-corrected chi connectivity index (χ1v) is 8.31. The van der Waals surface area contributed by atoms with Gasteiger partial charge in [-0.15, -0.1) is 0 Å². The van der Waals surface area contributed by atoms with Crippen LogP contribution in [-0.2, 0) is 15.0 Å². The minimum atomic E-state index is -0.734. The fourth-order valence-corrected chi connectivity index (χ4v) is 3.17. The van der Waals surface area contributed by atoms with E-state index in [-0.39, 0.29) is 23.2 Å². The molecule has 0 heterocycles. The topological polar surface area (TPSA) is 57.6 Å². The van der Waals surface area contributed by atoms with Crippen LogP contribution in [0.2, 0.25) is 0 Å². The average Bonchev–Trinajstić information content (AvgIpc) is 2.53. The highest BCUT2D eigenvalue weighted by atomic mass is 16.4. The molecule has 2 rings (SSSR count). The molecule has 1 fully saturated rings. The molecule has 0 spiro atoms. The maximum atomic E-state index is 12.6. The third-order valence-corrected chi connectivity index (χ3v) is 4.88. The molecule has 0 aliphatic heterocycles. The van der Waals surface area contributed by atoms with Gasteiger partial charge in [0.25, 0.3) is 0 Å². The van der Waals surface area contributed by atoms with Gasteiger partial charge in [0.2, 0.25) is 5.91 Å². The monoisotopic (exact) mass is 317 g/mol. The molecule has 1 N–H and O–H groups in total. The van der Waals surface area contributed by atoms with Crippen LogP contribution < -0.4 is 4.90 Å². The van der Waals surface area contributed by atoms with Crippen molar-refractivity contribution in [3.05, 3.63) is 29.8 Å². The predicted octanol–water partition coefficient (Wildman–Crippen LogP) is 3.84. The molecule has 1 aromatic carbocycles.